The van der Waals surface area contributed by atoms with Gasteiger partial charge in [-0.1, -0.05) is 26.0 Å². The molecule has 2 aromatic rings. The Morgan fingerprint density at radius 2 is 1.84 bits per heavy atom. The molecule has 1 aromatic heterocycles. The zero-order valence-electron chi connectivity index (χ0n) is 21.0. The standard InChI is InChI=1S/C23H32FN5O.C2HF3O2/c1-17(2)7-11-25-22(30)21-27-26-20-6-8-23(16-29(20)21)9-12-28(13-10-23)15-18-4-3-5-19(24)14-18;3-2(4,5)1(6)7/h3-5,14,17H,6-13,15-16H2,1-2H3,(H,25,30);(H,6,7). The summed E-state index contributed by atoms with van der Waals surface area (Å²) in [6, 6.07) is 6.88. The van der Waals surface area contributed by atoms with E-state index in [1.807, 2.05) is 6.07 Å². The number of halogens is 4. The minimum absolute atomic E-state index is 0.116. The molecule has 0 saturated carbocycles. The number of aryl methyl sites for hydroxylation is 1. The summed E-state index contributed by atoms with van der Waals surface area (Å²) in [4.78, 5) is 23.9. The number of rotatable bonds is 6. The second-order valence-electron chi connectivity index (χ2n) is 10.2. The van der Waals surface area contributed by atoms with Gasteiger partial charge >= 0.3 is 12.1 Å². The fraction of sp³-hybridized carbons (Fsp3) is 0.600. The van der Waals surface area contributed by atoms with Crippen molar-refractivity contribution in [1.29, 1.82) is 0 Å². The van der Waals surface area contributed by atoms with Crippen molar-refractivity contribution in [3.63, 3.8) is 0 Å². The average molecular weight is 528 g/mol. The first-order valence-electron chi connectivity index (χ1n) is 12.4. The number of hydrogen-bond donors (Lipinski definition) is 2. The summed E-state index contributed by atoms with van der Waals surface area (Å²) in [7, 11) is 0. The Hall–Kier alpha value is -3.02. The number of likely N-dealkylation sites (tertiary alicyclic amines) is 1. The van der Waals surface area contributed by atoms with Gasteiger partial charge in [-0.2, -0.15) is 13.2 Å². The number of hydrogen-bond acceptors (Lipinski definition) is 5. The summed E-state index contributed by atoms with van der Waals surface area (Å²) in [5.41, 5.74) is 1.22. The van der Waals surface area contributed by atoms with Gasteiger partial charge in [-0.15, -0.1) is 10.2 Å². The minimum Gasteiger partial charge on any atom is -0.475 e. The van der Waals surface area contributed by atoms with Crippen molar-refractivity contribution in [2.24, 2.45) is 11.3 Å². The quantitative estimate of drug-likeness (QED) is 0.550. The van der Waals surface area contributed by atoms with Crippen LogP contribution in [0.25, 0.3) is 0 Å². The molecule has 1 amide bonds. The van der Waals surface area contributed by atoms with Crippen LogP contribution in [0.2, 0.25) is 0 Å². The van der Waals surface area contributed by atoms with Crippen molar-refractivity contribution >= 4 is 11.9 Å². The topological polar surface area (TPSA) is 100 Å². The number of carboxylic acids is 1. The number of aliphatic carboxylic acids is 1. The number of nitrogens with one attached hydrogen (secondary N) is 1. The number of piperidine rings is 1. The van der Waals surface area contributed by atoms with Crippen molar-refractivity contribution in [3.8, 4) is 0 Å². The van der Waals surface area contributed by atoms with E-state index in [0.29, 0.717) is 18.3 Å². The highest BCUT2D eigenvalue weighted by Gasteiger charge is 2.40. The third-order valence-corrected chi connectivity index (χ3v) is 6.86. The Bertz CT molecular complexity index is 1080. The first-order chi connectivity index (χ1) is 17.4. The van der Waals surface area contributed by atoms with Crippen molar-refractivity contribution in [3.05, 3.63) is 47.3 Å². The van der Waals surface area contributed by atoms with E-state index in [-0.39, 0.29) is 17.1 Å². The van der Waals surface area contributed by atoms with Gasteiger partial charge in [0.05, 0.1) is 0 Å². The molecule has 0 bridgehead atoms. The highest BCUT2D eigenvalue weighted by molar-refractivity contribution is 5.90. The molecule has 0 radical (unpaired) electrons. The zero-order chi connectivity index (χ0) is 27.2. The van der Waals surface area contributed by atoms with Crippen LogP contribution in [0.5, 0.6) is 0 Å². The van der Waals surface area contributed by atoms with Crippen molar-refractivity contribution in [1.82, 2.24) is 25.0 Å². The average Bonchev–Trinajstić information content (AvgIpc) is 3.23. The van der Waals surface area contributed by atoms with Crippen molar-refractivity contribution < 1.29 is 32.3 Å². The lowest BCUT2D eigenvalue weighted by molar-refractivity contribution is -0.192. The molecule has 0 atom stereocenters. The molecule has 3 heterocycles. The van der Waals surface area contributed by atoms with Gasteiger partial charge in [-0.3, -0.25) is 9.69 Å². The molecule has 8 nitrogen and oxygen atoms in total. The number of aromatic nitrogens is 3. The highest BCUT2D eigenvalue weighted by Crippen LogP contribution is 2.41. The summed E-state index contributed by atoms with van der Waals surface area (Å²) in [6.45, 7) is 8.54. The first-order valence-corrected chi connectivity index (χ1v) is 12.4. The van der Waals surface area contributed by atoms with E-state index in [2.05, 4.69) is 38.8 Å². The third-order valence-electron chi connectivity index (χ3n) is 6.86. The van der Waals surface area contributed by atoms with E-state index in [0.717, 1.165) is 69.7 Å². The molecule has 1 fully saturated rings. The van der Waals surface area contributed by atoms with E-state index < -0.39 is 12.1 Å². The van der Waals surface area contributed by atoms with Crippen molar-refractivity contribution in [2.75, 3.05) is 19.6 Å². The second kappa shape index (κ2) is 12.0. The molecular formula is C25H33F4N5O3. The predicted octanol–water partition coefficient (Wildman–Crippen LogP) is 4.06. The van der Waals surface area contributed by atoms with Gasteiger partial charge in [0.2, 0.25) is 5.82 Å². The van der Waals surface area contributed by atoms with E-state index >= 15 is 0 Å². The largest absolute Gasteiger partial charge is 0.490 e. The molecule has 1 spiro atoms. The van der Waals surface area contributed by atoms with Crippen LogP contribution in [0.15, 0.2) is 24.3 Å². The number of carbonyl (C=O) groups excluding carboxylic acids is 1. The molecule has 12 heteroatoms. The van der Waals surface area contributed by atoms with Crippen LogP contribution >= 0.6 is 0 Å². The molecule has 1 aromatic carbocycles. The molecule has 204 valence electrons. The van der Waals surface area contributed by atoms with Gasteiger partial charge in [0.15, 0.2) is 0 Å². The Morgan fingerprint density at radius 3 is 2.43 bits per heavy atom. The predicted molar refractivity (Wildman–Crippen MR) is 127 cm³/mol. The number of amides is 1. The fourth-order valence-electron chi connectivity index (χ4n) is 4.69. The smallest absolute Gasteiger partial charge is 0.475 e. The van der Waals surface area contributed by atoms with Gasteiger partial charge in [0.25, 0.3) is 5.91 Å². The molecule has 2 N–H and O–H groups in total. The zero-order valence-corrected chi connectivity index (χ0v) is 21.0. The molecule has 2 aliphatic heterocycles. The van der Waals surface area contributed by atoms with Gasteiger partial charge in [0, 0.05) is 26.1 Å². The van der Waals surface area contributed by atoms with Crippen LogP contribution in [-0.4, -0.2) is 62.5 Å². The van der Waals surface area contributed by atoms with Gasteiger partial charge in [0.1, 0.15) is 11.6 Å². The molecule has 0 aliphatic carbocycles. The van der Waals surface area contributed by atoms with Gasteiger partial charge in [-0.25, -0.2) is 9.18 Å². The molecular weight excluding hydrogens is 494 g/mol. The van der Waals surface area contributed by atoms with Crippen LogP contribution < -0.4 is 5.32 Å². The van der Waals surface area contributed by atoms with Crippen molar-refractivity contribution in [2.45, 2.75) is 65.2 Å². The monoisotopic (exact) mass is 527 g/mol. The van der Waals surface area contributed by atoms with Gasteiger partial charge < -0.3 is 15.0 Å². The molecule has 37 heavy (non-hydrogen) atoms. The van der Waals surface area contributed by atoms with Crippen LogP contribution in [0.4, 0.5) is 17.6 Å². The van der Waals surface area contributed by atoms with Gasteiger partial charge in [-0.05, 0) is 67.8 Å². The molecule has 0 unspecified atom stereocenters. The van der Waals surface area contributed by atoms with E-state index in [9.17, 15) is 22.4 Å². The van der Waals surface area contributed by atoms with Crippen LogP contribution in [0, 0.1) is 17.2 Å². The number of alkyl halides is 3. The lowest BCUT2D eigenvalue weighted by Crippen LogP contribution is -2.44. The summed E-state index contributed by atoms with van der Waals surface area (Å²) in [6.07, 6.45) is -0.00934. The summed E-state index contributed by atoms with van der Waals surface area (Å²) in [5, 5.41) is 18.6. The molecule has 2 aliphatic rings. The molecule has 4 rings (SSSR count). The number of carboxylic acid groups (broad SMARTS) is 1. The Labute approximate surface area is 213 Å². The number of benzene rings is 1. The maximum atomic E-state index is 13.5. The second-order valence-corrected chi connectivity index (χ2v) is 10.2. The fourth-order valence-corrected chi connectivity index (χ4v) is 4.69. The highest BCUT2D eigenvalue weighted by atomic mass is 19.4. The van der Waals surface area contributed by atoms with Crippen LogP contribution in [0.1, 0.15) is 61.5 Å². The summed E-state index contributed by atoms with van der Waals surface area (Å²) in [5.74, 6) is -1.11. The summed E-state index contributed by atoms with van der Waals surface area (Å²) >= 11 is 0. The maximum Gasteiger partial charge on any atom is 0.490 e. The summed E-state index contributed by atoms with van der Waals surface area (Å²) < 4.78 is 47.3. The van der Waals surface area contributed by atoms with Crippen LogP contribution in [-0.2, 0) is 24.3 Å². The van der Waals surface area contributed by atoms with Crippen LogP contribution in [0.3, 0.4) is 0 Å². The Kier molecular flexibility index (Phi) is 9.27. The normalized spacial score (nSPS) is 17.2. The van der Waals surface area contributed by atoms with E-state index in [1.54, 1.807) is 12.1 Å². The Balaban J connectivity index is 0.000000479. The Morgan fingerprint density at radius 1 is 1.16 bits per heavy atom. The van der Waals surface area contributed by atoms with E-state index in [1.165, 1.54) is 6.07 Å². The minimum atomic E-state index is -5.08. The lowest BCUT2D eigenvalue weighted by Gasteiger charge is -2.44. The lowest BCUT2D eigenvalue weighted by atomic mass is 9.73. The number of fused-ring (bicyclic) bond motifs is 1. The number of carbonyl (C=O) groups is 2. The van der Waals surface area contributed by atoms with E-state index in [4.69, 9.17) is 9.90 Å². The molecule has 1 saturated heterocycles. The SMILES string of the molecule is CC(C)CCNC(=O)c1nnc2n1CC1(CC2)CCN(Cc2cccc(F)c2)CC1.O=C(O)C(F)(F)F. The number of nitrogens with zero attached hydrogens (tertiary/aromatic N) is 4. The first kappa shape index (κ1) is 28.5. The third kappa shape index (κ3) is 7.98. The maximum absolute atomic E-state index is 13.5.